The lowest BCUT2D eigenvalue weighted by atomic mass is 10.2. The summed E-state index contributed by atoms with van der Waals surface area (Å²) in [7, 11) is 0. The Morgan fingerprint density at radius 3 is 2.52 bits per heavy atom. The van der Waals surface area contributed by atoms with Crippen LogP contribution in [0, 0.1) is 11.3 Å². The molecule has 0 amide bonds. The summed E-state index contributed by atoms with van der Waals surface area (Å²) in [6.07, 6.45) is 0. The van der Waals surface area contributed by atoms with Crippen molar-refractivity contribution in [1.29, 1.82) is 5.26 Å². The van der Waals surface area contributed by atoms with Gasteiger partial charge in [-0.3, -0.25) is 0 Å². The fraction of sp³-hybridized carbons (Fsp3) is 0.238. The van der Waals surface area contributed by atoms with Gasteiger partial charge in [0.2, 0.25) is 17.5 Å². The first-order valence-corrected chi connectivity index (χ1v) is 9.92. The van der Waals surface area contributed by atoms with Crippen LogP contribution in [-0.2, 0) is 6.61 Å². The lowest BCUT2D eigenvalue weighted by Gasteiger charge is -2.35. The SMILES string of the molecule is N#Cc1nc(COc2ccccc2Cl)oc1N1CCN(c2cccc(Cl)c2)CC1. The van der Waals surface area contributed by atoms with E-state index < -0.39 is 0 Å². The van der Waals surface area contributed by atoms with Gasteiger partial charge in [-0.1, -0.05) is 41.4 Å². The number of nitrogens with zero attached hydrogens (tertiary/aromatic N) is 4. The molecule has 8 heteroatoms. The van der Waals surface area contributed by atoms with Crippen molar-refractivity contribution in [3.8, 4) is 11.8 Å². The van der Waals surface area contributed by atoms with Crippen molar-refractivity contribution in [3.05, 3.63) is 70.2 Å². The zero-order chi connectivity index (χ0) is 20.2. The maximum Gasteiger partial charge on any atom is 0.236 e. The van der Waals surface area contributed by atoms with Crippen LogP contribution in [0.5, 0.6) is 5.75 Å². The standard InChI is InChI=1S/C21H18Cl2N4O2/c22-15-4-3-5-16(12-15)26-8-10-27(11-9-26)21-18(13-24)25-20(29-21)14-28-19-7-2-1-6-17(19)23/h1-7,12H,8-11,14H2. The number of piperazine rings is 1. The van der Waals surface area contributed by atoms with Gasteiger partial charge >= 0.3 is 0 Å². The predicted molar refractivity (Wildman–Crippen MR) is 113 cm³/mol. The van der Waals surface area contributed by atoms with E-state index >= 15 is 0 Å². The molecule has 0 saturated carbocycles. The fourth-order valence-electron chi connectivity index (χ4n) is 3.25. The van der Waals surface area contributed by atoms with E-state index in [0.717, 1.165) is 23.8 Å². The second kappa shape index (κ2) is 8.64. The third-order valence-corrected chi connectivity index (χ3v) is 5.23. The summed E-state index contributed by atoms with van der Waals surface area (Å²) in [5, 5.41) is 10.7. The lowest BCUT2D eigenvalue weighted by molar-refractivity contribution is 0.263. The quantitative estimate of drug-likeness (QED) is 0.583. The Kier molecular flexibility index (Phi) is 5.79. The topological polar surface area (TPSA) is 65.5 Å². The van der Waals surface area contributed by atoms with Crippen molar-refractivity contribution in [3.63, 3.8) is 0 Å². The molecule has 6 nitrogen and oxygen atoms in total. The molecule has 29 heavy (non-hydrogen) atoms. The highest BCUT2D eigenvalue weighted by atomic mass is 35.5. The minimum absolute atomic E-state index is 0.0981. The number of halogens is 2. The van der Waals surface area contributed by atoms with Crippen LogP contribution in [0.1, 0.15) is 11.6 Å². The minimum atomic E-state index is 0.0981. The van der Waals surface area contributed by atoms with Gasteiger partial charge in [-0.05, 0) is 30.3 Å². The molecule has 0 spiro atoms. The average molecular weight is 429 g/mol. The molecule has 0 atom stereocenters. The van der Waals surface area contributed by atoms with Crippen molar-refractivity contribution in [2.45, 2.75) is 6.61 Å². The first-order chi connectivity index (χ1) is 14.1. The molecule has 1 aliphatic heterocycles. The molecule has 0 aliphatic carbocycles. The van der Waals surface area contributed by atoms with Gasteiger partial charge in [0, 0.05) is 36.9 Å². The van der Waals surface area contributed by atoms with Gasteiger partial charge in [0.1, 0.15) is 11.8 Å². The van der Waals surface area contributed by atoms with Crippen LogP contribution < -0.4 is 14.5 Å². The van der Waals surface area contributed by atoms with Crippen LogP contribution in [0.15, 0.2) is 52.9 Å². The monoisotopic (exact) mass is 428 g/mol. The smallest absolute Gasteiger partial charge is 0.236 e. The molecule has 0 radical (unpaired) electrons. The van der Waals surface area contributed by atoms with Gasteiger partial charge in [0.05, 0.1) is 5.02 Å². The van der Waals surface area contributed by atoms with E-state index in [4.69, 9.17) is 32.4 Å². The zero-order valence-electron chi connectivity index (χ0n) is 15.5. The van der Waals surface area contributed by atoms with Gasteiger partial charge in [-0.15, -0.1) is 0 Å². The summed E-state index contributed by atoms with van der Waals surface area (Å²) in [5.74, 6) is 1.37. The Balaban J connectivity index is 1.43. The molecule has 0 bridgehead atoms. The Bertz CT molecular complexity index is 1040. The number of rotatable bonds is 5. The van der Waals surface area contributed by atoms with Crippen molar-refractivity contribution < 1.29 is 9.15 Å². The highest BCUT2D eigenvalue weighted by Crippen LogP contribution is 2.28. The van der Waals surface area contributed by atoms with Crippen LogP contribution in [0.25, 0.3) is 0 Å². The fourth-order valence-corrected chi connectivity index (χ4v) is 3.62. The molecular formula is C21H18Cl2N4O2. The summed E-state index contributed by atoms with van der Waals surface area (Å²) in [4.78, 5) is 8.56. The average Bonchev–Trinajstić information content (AvgIpc) is 3.17. The molecule has 2 heterocycles. The number of para-hydroxylation sites is 1. The molecule has 148 valence electrons. The second-order valence-corrected chi connectivity index (χ2v) is 7.39. The van der Waals surface area contributed by atoms with Gasteiger partial charge in [-0.2, -0.15) is 10.2 Å². The van der Waals surface area contributed by atoms with Gasteiger partial charge in [0.25, 0.3) is 0 Å². The number of nitriles is 1. The lowest BCUT2D eigenvalue weighted by Crippen LogP contribution is -2.46. The number of ether oxygens (including phenoxy) is 1. The molecule has 1 aromatic heterocycles. The maximum absolute atomic E-state index is 9.47. The predicted octanol–water partition coefficient (Wildman–Crippen LogP) is 4.76. The number of aromatic nitrogens is 1. The van der Waals surface area contributed by atoms with Crippen molar-refractivity contribution in [1.82, 2.24) is 4.98 Å². The van der Waals surface area contributed by atoms with Gasteiger partial charge < -0.3 is 19.0 Å². The number of oxazole rings is 1. The normalized spacial score (nSPS) is 14.0. The zero-order valence-corrected chi connectivity index (χ0v) is 17.0. The Morgan fingerprint density at radius 1 is 1.03 bits per heavy atom. The van der Waals surface area contributed by atoms with Gasteiger partial charge in [0.15, 0.2) is 6.61 Å². The molecule has 0 unspecified atom stereocenters. The van der Waals surface area contributed by atoms with E-state index in [1.807, 2.05) is 41.3 Å². The third-order valence-electron chi connectivity index (χ3n) is 4.69. The Labute approximate surface area is 178 Å². The highest BCUT2D eigenvalue weighted by Gasteiger charge is 2.24. The van der Waals surface area contributed by atoms with Crippen molar-refractivity contribution >= 4 is 34.8 Å². The summed E-state index contributed by atoms with van der Waals surface area (Å²) < 4.78 is 11.5. The summed E-state index contributed by atoms with van der Waals surface area (Å²) in [6.45, 7) is 3.10. The molecular weight excluding hydrogens is 411 g/mol. The van der Waals surface area contributed by atoms with Crippen LogP contribution in [0.3, 0.4) is 0 Å². The van der Waals surface area contributed by atoms with E-state index in [1.165, 1.54) is 0 Å². The molecule has 0 N–H and O–H groups in total. The molecule has 3 aromatic rings. The van der Waals surface area contributed by atoms with Crippen LogP contribution in [-0.4, -0.2) is 31.2 Å². The number of hydrogen-bond acceptors (Lipinski definition) is 6. The van der Waals surface area contributed by atoms with Crippen LogP contribution in [0.2, 0.25) is 10.0 Å². The van der Waals surface area contributed by atoms with Gasteiger partial charge in [-0.25, -0.2) is 0 Å². The second-order valence-electron chi connectivity index (χ2n) is 6.55. The molecule has 1 saturated heterocycles. The van der Waals surface area contributed by atoms with Crippen molar-refractivity contribution in [2.24, 2.45) is 0 Å². The number of hydrogen-bond donors (Lipinski definition) is 0. The van der Waals surface area contributed by atoms with E-state index in [2.05, 4.69) is 16.0 Å². The first kappa shape index (κ1) is 19.4. The molecule has 2 aromatic carbocycles. The highest BCUT2D eigenvalue weighted by molar-refractivity contribution is 6.32. The van der Waals surface area contributed by atoms with Crippen LogP contribution >= 0.6 is 23.2 Å². The first-order valence-electron chi connectivity index (χ1n) is 9.16. The summed E-state index contributed by atoms with van der Waals surface area (Å²) >= 11 is 12.2. The summed E-state index contributed by atoms with van der Waals surface area (Å²) in [6, 6.07) is 17.1. The third kappa shape index (κ3) is 4.42. The maximum atomic E-state index is 9.47. The summed E-state index contributed by atoms with van der Waals surface area (Å²) in [5.41, 5.74) is 1.35. The van der Waals surface area contributed by atoms with E-state index in [-0.39, 0.29) is 12.3 Å². The van der Waals surface area contributed by atoms with Crippen LogP contribution in [0.4, 0.5) is 11.6 Å². The molecule has 4 rings (SSSR count). The van der Waals surface area contributed by atoms with E-state index in [1.54, 1.807) is 12.1 Å². The number of anilines is 2. The Morgan fingerprint density at radius 2 is 1.79 bits per heavy atom. The molecule has 1 fully saturated rings. The minimum Gasteiger partial charge on any atom is -0.482 e. The Hall–Kier alpha value is -2.88. The van der Waals surface area contributed by atoms with E-state index in [9.17, 15) is 5.26 Å². The largest absolute Gasteiger partial charge is 0.482 e. The molecule has 1 aliphatic rings. The van der Waals surface area contributed by atoms with E-state index in [0.29, 0.717) is 35.6 Å². The van der Waals surface area contributed by atoms with Crippen molar-refractivity contribution in [2.75, 3.05) is 36.0 Å². The number of benzene rings is 2.